The van der Waals surface area contributed by atoms with Crippen LogP contribution >= 0.6 is 0 Å². The van der Waals surface area contributed by atoms with Crippen molar-refractivity contribution in [1.29, 1.82) is 0 Å². The van der Waals surface area contributed by atoms with Gasteiger partial charge >= 0.3 is 12.2 Å². The van der Waals surface area contributed by atoms with Crippen molar-refractivity contribution in [3.8, 4) is 0 Å². The first kappa shape index (κ1) is 18.8. The van der Waals surface area contributed by atoms with Crippen LogP contribution in [0.4, 0.5) is 9.59 Å². The SMILES string of the molecule is C=CCOC(=O)NCC1CN(C(=O)OC(C)(C)C)C/C1=N\OC. The van der Waals surface area contributed by atoms with E-state index in [9.17, 15) is 9.59 Å². The fourth-order valence-corrected chi connectivity index (χ4v) is 2.02. The van der Waals surface area contributed by atoms with Crippen LogP contribution in [0.1, 0.15) is 20.8 Å². The normalized spacial score (nSPS) is 19.4. The zero-order valence-electron chi connectivity index (χ0n) is 14.1. The molecule has 1 fully saturated rings. The van der Waals surface area contributed by atoms with Crippen molar-refractivity contribution in [2.45, 2.75) is 26.4 Å². The van der Waals surface area contributed by atoms with Crippen LogP contribution in [0.25, 0.3) is 0 Å². The van der Waals surface area contributed by atoms with Gasteiger partial charge in [0.1, 0.15) is 19.3 Å². The minimum atomic E-state index is -0.569. The van der Waals surface area contributed by atoms with Gasteiger partial charge < -0.3 is 24.5 Å². The highest BCUT2D eigenvalue weighted by atomic mass is 16.6. The van der Waals surface area contributed by atoms with E-state index in [0.29, 0.717) is 18.8 Å². The third-order valence-electron chi connectivity index (χ3n) is 2.95. The largest absolute Gasteiger partial charge is 0.445 e. The molecule has 130 valence electrons. The molecule has 0 aromatic heterocycles. The summed E-state index contributed by atoms with van der Waals surface area (Å²) in [5, 5.41) is 6.56. The van der Waals surface area contributed by atoms with Crippen molar-refractivity contribution < 1.29 is 23.9 Å². The molecule has 0 radical (unpaired) electrons. The minimum Gasteiger partial charge on any atom is -0.445 e. The zero-order valence-corrected chi connectivity index (χ0v) is 14.1. The van der Waals surface area contributed by atoms with Crippen LogP contribution in [0.15, 0.2) is 17.8 Å². The molecule has 1 heterocycles. The van der Waals surface area contributed by atoms with Gasteiger partial charge in [-0.15, -0.1) is 0 Å². The smallest absolute Gasteiger partial charge is 0.410 e. The highest BCUT2D eigenvalue weighted by molar-refractivity contribution is 5.94. The lowest BCUT2D eigenvalue weighted by Crippen LogP contribution is -2.36. The molecule has 1 unspecified atom stereocenters. The first-order valence-corrected chi connectivity index (χ1v) is 7.36. The molecule has 1 aliphatic heterocycles. The summed E-state index contributed by atoms with van der Waals surface area (Å²) in [5.74, 6) is -0.154. The van der Waals surface area contributed by atoms with Gasteiger partial charge in [0.15, 0.2) is 0 Å². The second kappa shape index (κ2) is 8.40. The molecule has 1 saturated heterocycles. The number of rotatable bonds is 5. The highest BCUT2D eigenvalue weighted by Crippen LogP contribution is 2.18. The number of ether oxygens (including phenoxy) is 2. The van der Waals surface area contributed by atoms with Crippen molar-refractivity contribution in [2.75, 3.05) is 33.4 Å². The lowest BCUT2D eigenvalue weighted by Gasteiger charge is -2.24. The Morgan fingerprint density at radius 2 is 2.17 bits per heavy atom. The number of alkyl carbamates (subject to hydrolysis) is 1. The molecule has 1 rings (SSSR count). The molecule has 1 aliphatic rings. The second-order valence-corrected chi connectivity index (χ2v) is 6.09. The van der Waals surface area contributed by atoms with Crippen LogP contribution in [0.2, 0.25) is 0 Å². The van der Waals surface area contributed by atoms with Crippen molar-refractivity contribution in [3.05, 3.63) is 12.7 Å². The number of nitrogens with zero attached hydrogens (tertiary/aromatic N) is 2. The van der Waals surface area contributed by atoms with E-state index in [1.54, 1.807) is 20.8 Å². The lowest BCUT2D eigenvalue weighted by atomic mass is 10.1. The predicted octanol–water partition coefficient (Wildman–Crippen LogP) is 1.77. The van der Waals surface area contributed by atoms with E-state index in [1.807, 2.05) is 0 Å². The number of carbonyl (C=O) groups excluding carboxylic acids is 2. The zero-order chi connectivity index (χ0) is 17.5. The Morgan fingerprint density at radius 1 is 1.48 bits per heavy atom. The molecule has 1 atom stereocenters. The summed E-state index contributed by atoms with van der Waals surface area (Å²) in [6.07, 6.45) is 0.521. The Kier molecular flexibility index (Phi) is 6.87. The topological polar surface area (TPSA) is 89.5 Å². The molecule has 0 aliphatic carbocycles. The quantitative estimate of drug-likeness (QED) is 0.614. The van der Waals surface area contributed by atoms with Crippen LogP contribution in [0, 0.1) is 5.92 Å². The number of nitrogens with one attached hydrogen (secondary N) is 1. The third kappa shape index (κ3) is 6.58. The van der Waals surface area contributed by atoms with Gasteiger partial charge in [0.2, 0.25) is 0 Å². The van der Waals surface area contributed by atoms with Crippen molar-refractivity contribution >= 4 is 17.9 Å². The summed E-state index contributed by atoms with van der Waals surface area (Å²) in [6.45, 7) is 10.0. The maximum Gasteiger partial charge on any atom is 0.410 e. The number of likely N-dealkylation sites (tertiary alicyclic amines) is 1. The van der Waals surface area contributed by atoms with Crippen molar-refractivity contribution in [3.63, 3.8) is 0 Å². The Hall–Kier alpha value is -2.25. The van der Waals surface area contributed by atoms with Gasteiger partial charge in [-0.1, -0.05) is 17.8 Å². The molecule has 2 amide bonds. The van der Waals surface area contributed by atoms with Gasteiger partial charge in [0, 0.05) is 19.0 Å². The van der Waals surface area contributed by atoms with E-state index in [2.05, 4.69) is 17.1 Å². The van der Waals surface area contributed by atoms with Gasteiger partial charge in [-0.3, -0.25) is 0 Å². The van der Waals surface area contributed by atoms with Crippen LogP contribution in [-0.2, 0) is 14.3 Å². The Balaban J connectivity index is 2.61. The molecule has 0 spiro atoms. The number of oxime groups is 1. The Morgan fingerprint density at radius 3 is 2.74 bits per heavy atom. The van der Waals surface area contributed by atoms with Crippen LogP contribution in [-0.4, -0.2) is 61.8 Å². The van der Waals surface area contributed by atoms with Crippen molar-refractivity contribution in [2.24, 2.45) is 11.1 Å². The fraction of sp³-hybridized carbons (Fsp3) is 0.667. The fourth-order valence-electron chi connectivity index (χ4n) is 2.02. The summed E-state index contributed by atoms with van der Waals surface area (Å²) in [6, 6.07) is 0. The molecule has 0 bridgehead atoms. The van der Waals surface area contributed by atoms with E-state index in [1.165, 1.54) is 18.1 Å². The molecule has 1 N–H and O–H groups in total. The number of hydrogen-bond acceptors (Lipinski definition) is 6. The molecule has 0 aromatic rings. The maximum absolute atomic E-state index is 12.1. The Bertz CT molecular complexity index is 470. The van der Waals surface area contributed by atoms with Gasteiger partial charge in [-0.25, -0.2) is 9.59 Å². The lowest BCUT2D eigenvalue weighted by molar-refractivity contribution is 0.0292. The van der Waals surface area contributed by atoms with E-state index < -0.39 is 17.8 Å². The summed E-state index contributed by atoms with van der Waals surface area (Å²) < 4.78 is 10.2. The summed E-state index contributed by atoms with van der Waals surface area (Å²) in [7, 11) is 1.44. The average molecular weight is 327 g/mol. The first-order valence-electron chi connectivity index (χ1n) is 7.36. The molecule has 8 heteroatoms. The number of hydrogen-bond donors (Lipinski definition) is 1. The van der Waals surface area contributed by atoms with Crippen LogP contribution in [0.3, 0.4) is 0 Å². The van der Waals surface area contributed by atoms with E-state index >= 15 is 0 Å². The van der Waals surface area contributed by atoms with E-state index in [4.69, 9.17) is 14.3 Å². The predicted molar refractivity (Wildman–Crippen MR) is 85.3 cm³/mol. The van der Waals surface area contributed by atoms with Crippen LogP contribution < -0.4 is 5.32 Å². The monoisotopic (exact) mass is 327 g/mol. The average Bonchev–Trinajstić information content (AvgIpc) is 2.85. The molecular formula is C15H25N3O5. The van der Waals surface area contributed by atoms with Gasteiger partial charge in [-0.05, 0) is 20.8 Å². The van der Waals surface area contributed by atoms with Gasteiger partial charge in [0.25, 0.3) is 0 Å². The first-order chi connectivity index (χ1) is 10.8. The molecule has 8 nitrogen and oxygen atoms in total. The van der Waals surface area contributed by atoms with Gasteiger partial charge in [0.05, 0.1) is 12.3 Å². The minimum absolute atomic E-state index is 0.138. The van der Waals surface area contributed by atoms with Crippen molar-refractivity contribution in [1.82, 2.24) is 10.2 Å². The summed E-state index contributed by atoms with van der Waals surface area (Å²) >= 11 is 0. The second-order valence-electron chi connectivity index (χ2n) is 6.09. The van der Waals surface area contributed by atoms with Crippen LogP contribution in [0.5, 0.6) is 0 Å². The highest BCUT2D eigenvalue weighted by Gasteiger charge is 2.35. The molecular weight excluding hydrogens is 302 g/mol. The summed E-state index contributed by atoms with van der Waals surface area (Å²) in [4.78, 5) is 29.9. The van der Waals surface area contributed by atoms with E-state index in [0.717, 1.165) is 0 Å². The molecule has 23 heavy (non-hydrogen) atoms. The standard InChI is InChI=1S/C15H25N3O5/c1-6-7-22-13(19)16-8-11-9-18(10-12(11)17-21-5)14(20)23-15(2,3)4/h6,11H,1,7-10H2,2-5H3,(H,16,19)/b17-12+. The van der Waals surface area contributed by atoms with E-state index in [-0.39, 0.29) is 19.1 Å². The maximum atomic E-state index is 12.1. The molecule has 0 saturated carbocycles. The molecule has 0 aromatic carbocycles. The summed E-state index contributed by atoms with van der Waals surface area (Å²) in [5.41, 5.74) is 0.0999. The third-order valence-corrected chi connectivity index (χ3v) is 2.95. The Labute approximate surface area is 136 Å². The van der Waals surface area contributed by atoms with Gasteiger partial charge in [-0.2, -0.15) is 0 Å². The number of carbonyl (C=O) groups is 2. The number of amides is 2.